The van der Waals surface area contributed by atoms with E-state index >= 15 is 0 Å². The third kappa shape index (κ3) is 2.50. The van der Waals surface area contributed by atoms with Crippen LogP contribution in [0.15, 0.2) is 30.3 Å². The number of nitrogens with zero attached hydrogens (tertiary/aromatic N) is 3. The maximum absolute atomic E-state index is 11.0. The smallest absolute Gasteiger partial charge is 0.249 e. The molecule has 1 N–H and O–H groups in total. The second kappa shape index (κ2) is 4.78. The number of anilines is 1. The summed E-state index contributed by atoms with van der Waals surface area (Å²) in [4.78, 5) is 15.2. The number of amides is 1. The van der Waals surface area contributed by atoms with Crippen LogP contribution in [0.3, 0.4) is 0 Å². The summed E-state index contributed by atoms with van der Waals surface area (Å²) in [7, 11) is 0. The lowest BCUT2D eigenvalue weighted by molar-refractivity contribution is -0.114. The normalized spacial score (nSPS) is 10.2. The maximum atomic E-state index is 11.0. The van der Waals surface area contributed by atoms with Gasteiger partial charge in [0, 0.05) is 13.3 Å². The van der Waals surface area contributed by atoms with Gasteiger partial charge in [0.05, 0.1) is 5.69 Å². The fraction of sp³-hybridized carbons (Fsp3) is 0.250. The van der Waals surface area contributed by atoms with Crippen molar-refractivity contribution in [2.75, 3.05) is 5.32 Å². The molecule has 17 heavy (non-hydrogen) atoms. The van der Waals surface area contributed by atoms with Crippen LogP contribution in [-0.2, 0) is 11.2 Å². The minimum absolute atomic E-state index is 0.169. The molecule has 0 radical (unpaired) electrons. The molecule has 2 rings (SSSR count). The van der Waals surface area contributed by atoms with E-state index in [0.717, 1.165) is 17.9 Å². The first-order valence-electron chi connectivity index (χ1n) is 5.49. The molecule has 88 valence electrons. The quantitative estimate of drug-likeness (QED) is 0.874. The molecule has 0 aliphatic carbocycles. The average molecular weight is 230 g/mol. The largest absolute Gasteiger partial charge is 0.293 e. The lowest BCUT2D eigenvalue weighted by Gasteiger charge is -2.02. The predicted molar refractivity (Wildman–Crippen MR) is 65.0 cm³/mol. The summed E-state index contributed by atoms with van der Waals surface area (Å²) in [6, 6.07) is 9.72. The molecule has 5 nitrogen and oxygen atoms in total. The third-order valence-corrected chi connectivity index (χ3v) is 2.28. The van der Waals surface area contributed by atoms with E-state index < -0.39 is 0 Å². The van der Waals surface area contributed by atoms with Gasteiger partial charge in [0.2, 0.25) is 11.9 Å². The van der Waals surface area contributed by atoms with Gasteiger partial charge in [0.15, 0.2) is 0 Å². The Labute approximate surface area is 99.5 Å². The van der Waals surface area contributed by atoms with E-state index in [-0.39, 0.29) is 5.91 Å². The number of para-hydroxylation sites is 1. The zero-order valence-electron chi connectivity index (χ0n) is 9.84. The number of rotatable bonds is 3. The van der Waals surface area contributed by atoms with Crippen LogP contribution in [0, 0.1) is 0 Å². The molecule has 0 unspecified atom stereocenters. The number of hydrogen-bond acceptors (Lipinski definition) is 3. The van der Waals surface area contributed by atoms with Crippen molar-refractivity contribution in [1.29, 1.82) is 0 Å². The van der Waals surface area contributed by atoms with Gasteiger partial charge in [0.1, 0.15) is 5.82 Å². The monoisotopic (exact) mass is 230 g/mol. The topological polar surface area (TPSA) is 59.8 Å². The SMILES string of the molecule is CCc1nc(NC(C)=O)nn1-c1ccccc1. The Hall–Kier alpha value is -2.17. The first kappa shape index (κ1) is 11.3. The first-order chi connectivity index (χ1) is 8.20. The van der Waals surface area contributed by atoms with E-state index in [2.05, 4.69) is 15.4 Å². The summed E-state index contributed by atoms with van der Waals surface area (Å²) in [5.41, 5.74) is 0.938. The van der Waals surface area contributed by atoms with Crippen molar-refractivity contribution in [3.05, 3.63) is 36.2 Å². The molecule has 0 bridgehead atoms. The molecule has 5 heteroatoms. The van der Waals surface area contributed by atoms with Gasteiger partial charge in [-0.05, 0) is 12.1 Å². The number of hydrogen-bond donors (Lipinski definition) is 1. The van der Waals surface area contributed by atoms with Gasteiger partial charge in [0.25, 0.3) is 0 Å². The Morgan fingerprint density at radius 2 is 2.06 bits per heavy atom. The molecule has 1 amide bonds. The first-order valence-corrected chi connectivity index (χ1v) is 5.49. The number of aryl methyl sites for hydroxylation is 1. The summed E-state index contributed by atoms with van der Waals surface area (Å²) < 4.78 is 1.74. The summed E-state index contributed by atoms with van der Waals surface area (Å²) in [6.45, 7) is 3.44. The van der Waals surface area contributed by atoms with Crippen LogP contribution in [0.5, 0.6) is 0 Å². The lowest BCUT2D eigenvalue weighted by Crippen LogP contribution is -2.07. The fourth-order valence-corrected chi connectivity index (χ4v) is 1.56. The summed E-state index contributed by atoms with van der Waals surface area (Å²) in [6.07, 6.45) is 0.751. The minimum atomic E-state index is -0.169. The zero-order chi connectivity index (χ0) is 12.3. The fourth-order valence-electron chi connectivity index (χ4n) is 1.56. The molecule has 1 heterocycles. The second-order valence-electron chi connectivity index (χ2n) is 3.63. The van der Waals surface area contributed by atoms with E-state index in [0.29, 0.717) is 5.95 Å². The van der Waals surface area contributed by atoms with Crippen molar-refractivity contribution in [3.63, 3.8) is 0 Å². The molecule has 0 atom stereocenters. The van der Waals surface area contributed by atoms with Gasteiger partial charge in [-0.2, -0.15) is 4.98 Å². The van der Waals surface area contributed by atoms with Gasteiger partial charge >= 0.3 is 0 Å². The summed E-state index contributed by atoms with van der Waals surface area (Å²) in [5, 5.41) is 6.85. The van der Waals surface area contributed by atoms with Crippen molar-refractivity contribution in [1.82, 2.24) is 14.8 Å². The number of carbonyl (C=O) groups excluding carboxylic acids is 1. The molecule has 0 saturated carbocycles. The van der Waals surface area contributed by atoms with Crippen molar-refractivity contribution >= 4 is 11.9 Å². The Balaban J connectivity index is 2.39. The van der Waals surface area contributed by atoms with Crippen molar-refractivity contribution in [2.24, 2.45) is 0 Å². The van der Waals surface area contributed by atoms with Crippen LogP contribution in [-0.4, -0.2) is 20.7 Å². The van der Waals surface area contributed by atoms with Crippen LogP contribution < -0.4 is 5.32 Å². The molecule has 0 saturated heterocycles. The molecule has 0 spiro atoms. The van der Waals surface area contributed by atoms with E-state index in [4.69, 9.17) is 0 Å². The molecular weight excluding hydrogens is 216 g/mol. The van der Waals surface area contributed by atoms with Crippen LogP contribution in [0.4, 0.5) is 5.95 Å². The average Bonchev–Trinajstić information content (AvgIpc) is 2.72. The van der Waals surface area contributed by atoms with E-state index in [1.54, 1.807) is 4.68 Å². The Morgan fingerprint density at radius 1 is 1.35 bits per heavy atom. The zero-order valence-corrected chi connectivity index (χ0v) is 9.84. The molecule has 1 aromatic carbocycles. The number of nitrogens with one attached hydrogen (secondary N) is 1. The van der Waals surface area contributed by atoms with Crippen molar-refractivity contribution < 1.29 is 4.79 Å². The van der Waals surface area contributed by atoms with E-state index in [9.17, 15) is 4.79 Å². The highest BCUT2D eigenvalue weighted by Gasteiger charge is 2.10. The van der Waals surface area contributed by atoms with Crippen molar-refractivity contribution in [3.8, 4) is 5.69 Å². The summed E-state index contributed by atoms with van der Waals surface area (Å²) in [5.74, 6) is 0.996. The molecular formula is C12H14N4O. The molecule has 2 aromatic rings. The standard InChI is InChI=1S/C12H14N4O/c1-3-11-14-12(13-9(2)17)15-16(11)10-7-5-4-6-8-10/h4-8H,3H2,1-2H3,(H,13,15,17). The molecule has 0 aliphatic rings. The van der Waals surface area contributed by atoms with Gasteiger partial charge in [-0.3, -0.25) is 10.1 Å². The highest BCUT2D eigenvalue weighted by molar-refractivity contribution is 5.86. The Bertz CT molecular complexity index is 519. The highest BCUT2D eigenvalue weighted by atomic mass is 16.1. The van der Waals surface area contributed by atoms with Gasteiger partial charge < -0.3 is 0 Å². The van der Waals surface area contributed by atoms with Crippen molar-refractivity contribution in [2.45, 2.75) is 20.3 Å². The third-order valence-electron chi connectivity index (χ3n) is 2.28. The van der Waals surface area contributed by atoms with Crippen LogP contribution in [0.25, 0.3) is 5.69 Å². The van der Waals surface area contributed by atoms with Gasteiger partial charge in [-0.1, -0.05) is 25.1 Å². The molecule has 1 aromatic heterocycles. The molecule has 0 fully saturated rings. The van der Waals surface area contributed by atoms with Crippen LogP contribution in [0.1, 0.15) is 19.7 Å². The van der Waals surface area contributed by atoms with Crippen LogP contribution in [0.2, 0.25) is 0 Å². The molecule has 0 aliphatic heterocycles. The summed E-state index contributed by atoms with van der Waals surface area (Å²) >= 11 is 0. The second-order valence-corrected chi connectivity index (χ2v) is 3.63. The number of carbonyl (C=O) groups is 1. The lowest BCUT2D eigenvalue weighted by atomic mass is 10.3. The Kier molecular flexibility index (Phi) is 3.18. The highest BCUT2D eigenvalue weighted by Crippen LogP contribution is 2.12. The predicted octanol–water partition coefficient (Wildman–Crippen LogP) is 1.79. The van der Waals surface area contributed by atoms with Crippen LogP contribution >= 0.6 is 0 Å². The van der Waals surface area contributed by atoms with E-state index in [1.165, 1.54) is 6.92 Å². The van der Waals surface area contributed by atoms with Gasteiger partial charge in [-0.15, -0.1) is 5.10 Å². The van der Waals surface area contributed by atoms with Gasteiger partial charge in [-0.25, -0.2) is 4.68 Å². The van der Waals surface area contributed by atoms with E-state index in [1.807, 2.05) is 37.3 Å². The number of benzene rings is 1. The maximum Gasteiger partial charge on any atom is 0.249 e. The number of aromatic nitrogens is 3. The minimum Gasteiger partial charge on any atom is -0.293 e. The Morgan fingerprint density at radius 3 is 2.65 bits per heavy atom.